The molecule has 0 spiro atoms. The second-order valence-corrected chi connectivity index (χ2v) is 3.52. The average Bonchev–Trinajstić information content (AvgIpc) is 2.32. The molecule has 0 radical (unpaired) electrons. The lowest BCUT2D eigenvalue weighted by Crippen LogP contribution is -2.08. The van der Waals surface area contributed by atoms with Gasteiger partial charge in [-0.05, 0) is 35.9 Å². The summed E-state index contributed by atoms with van der Waals surface area (Å²) < 4.78 is 13.1. The lowest BCUT2D eigenvalue weighted by Gasteiger charge is -2.06. The zero-order valence-corrected chi connectivity index (χ0v) is 9.09. The van der Waals surface area contributed by atoms with E-state index in [1.807, 2.05) is 0 Å². The molecule has 2 rings (SSSR count). The van der Waals surface area contributed by atoms with Gasteiger partial charge in [-0.25, -0.2) is 14.2 Å². The van der Waals surface area contributed by atoms with Gasteiger partial charge in [-0.2, -0.15) is 0 Å². The molecule has 18 heavy (non-hydrogen) atoms. The number of phenols is 1. The number of halogens is 1. The molecule has 1 aromatic carbocycles. The molecule has 0 aliphatic carbocycles. The molecular formula is C12H9FN2O3. The molecule has 92 valence electrons. The molecule has 0 unspecified atom stereocenters. The molecule has 1 aromatic heterocycles. The van der Waals surface area contributed by atoms with E-state index in [0.717, 1.165) is 12.1 Å². The van der Waals surface area contributed by atoms with Gasteiger partial charge in [0, 0.05) is 11.8 Å². The van der Waals surface area contributed by atoms with Crippen LogP contribution >= 0.6 is 0 Å². The molecule has 5 nitrogen and oxygen atoms in total. The summed E-state index contributed by atoms with van der Waals surface area (Å²) in [6.07, 6.45) is 0.119. The van der Waals surface area contributed by atoms with E-state index in [1.165, 1.54) is 18.3 Å². The topological polar surface area (TPSA) is 82.5 Å². The Kier molecular flexibility index (Phi) is 3.09. The Bertz CT molecular complexity index is 602. The maximum atomic E-state index is 13.1. The molecule has 0 aliphatic rings. The number of benzene rings is 1. The maximum Gasteiger partial charge on any atom is 0.410 e. The van der Waals surface area contributed by atoms with Crippen LogP contribution in [0.4, 0.5) is 15.0 Å². The van der Waals surface area contributed by atoms with E-state index in [-0.39, 0.29) is 17.1 Å². The summed E-state index contributed by atoms with van der Waals surface area (Å²) in [4.78, 5) is 14.3. The summed E-state index contributed by atoms with van der Waals surface area (Å²) in [6, 6.07) is 6.48. The SMILES string of the molecule is O=C(O)Nc1cc(-c2cc(F)ccc2O)ccn1. The highest BCUT2D eigenvalue weighted by atomic mass is 19.1. The predicted molar refractivity (Wildman–Crippen MR) is 62.9 cm³/mol. The van der Waals surface area contributed by atoms with Crippen molar-refractivity contribution in [2.45, 2.75) is 0 Å². The number of carbonyl (C=O) groups is 1. The van der Waals surface area contributed by atoms with Gasteiger partial charge in [-0.1, -0.05) is 0 Å². The van der Waals surface area contributed by atoms with Crippen LogP contribution in [0.25, 0.3) is 11.1 Å². The number of nitrogens with zero attached hydrogens (tertiary/aromatic N) is 1. The number of pyridine rings is 1. The molecule has 0 saturated heterocycles. The van der Waals surface area contributed by atoms with Gasteiger partial charge in [-0.3, -0.25) is 5.32 Å². The summed E-state index contributed by atoms with van der Waals surface area (Å²) >= 11 is 0. The van der Waals surface area contributed by atoms with Crippen molar-refractivity contribution in [1.29, 1.82) is 0 Å². The molecule has 2 aromatic rings. The number of hydrogen-bond acceptors (Lipinski definition) is 3. The molecule has 1 amide bonds. The highest BCUT2D eigenvalue weighted by Gasteiger charge is 2.08. The van der Waals surface area contributed by atoms with Crippen molar-refractivity contribution < 1.29 is 19.4 Å². The van der Waals surface area contributed by atoms with Crippen molar-refractivity contribution in [3.63, 3.8) is 0 Å². The molecule has 0 fully saturated rings. The largest absolute Gasteiger partial charge is 0.507 e. The number of rotatable bonds is 2. The summed E-state index contributed by atoms with van der Waals surface area (Å²) in [5.41, 5.74) is 0.733. The standard InChI is InChI=1S/C12H9FN2O3/c13-8-1-2-10(16)9(6-8)7-3-4-14-11(5-7)15-12(17)18/h1-6,16H,(H,14,15)(H,17,18). The zero-order chi connectivity index (χ0) is 13.1. The molecule has 6 heteroatoms. The van der Waals surface area contributed by atoms with E-state index in [9.17, 15) is 14.3 Å². The maximum absolute atomic E-state index is 13.1. The first-order valence-electron chi connectivity index (χ1n) is 5.01. The first-order valence-corrected chi connectivity index (χ1v) is 5.01. The van der Waals surface area contributed by atoms with E-state index in [1.54, 1.807) is 6.07 Å². The zero-order valence-electron chi connectivity index (χ0n) is 9.09. The lowest BCUT2D eigenvalue weighted by molar-refractivity contribution is 0.209. The third-order valence-corrected chi connectivity index (χ3v) is 2.26. The van der Waals surface area contributed by atoms with Crippen LogP contribution in [0.3, 0.4) is 0 Å². The van der Waals surface area contributed by atoms with Crippen LogP contribution in [0.2, 0.25) is 0 Å². The van der Waals surface area contributed by atoms with Crippen LogP contribution in [0.15, 0.2) is 36.5 Å². The Morgan fingerprint density at radius 1 is 1.28 bits per heavy atom. The fourth-order valence-electron chi connectivity index (χ4n) is 1.52. The van der Waals surface area contributed by atoms with Crippen molar-refractivity contribution in [3.8, 4) is 16.9 Å². The first kappa shape index (κ1) is 11.8. The van der Waals surface area contributed by atoms with Crippen LogP contribution in [0, 0.1) is 5.82 Å². The van der Waals surface area contributed by atoms with Gasteiger partial charge in [-0.15, -0.1) is 0 Å². The Hall–Kier alpha value is -2.63. The number of nitrogens with one attached hydrogen (secondary N) is 1. The van der Waals surface area contributed by atoms with Crippen molar-refractivity contribution in [2.75, 3.05) is 5.32 Å². The number of anilines is 1. The smallest absolute Gasteiger partial charge is 0.410 e. The Labute approximate surface area is 102 Å². The fraction of sp³-hybridized carbons (Fsp3) is 0. The van der Waals surface area contributed by atoms with Crippen molar-refractivity contribution >= 4 is 11.9 Å². The molecule has 3 N–H and O–H groups in total. The first-order chi connectivity index (χ1) is 8.56. The van der Waals surface area contributed by atoms with Gasteiger partial charge in [0.25, 0.3) is 0 Å². The van der Waals surface area contributed by atoms with Gasteiger partial charge < -0.3 is 10.2 Å². The van der Waals surface area contributed by atoms with Crippen LogP contribution in [-0.4, -0.2) is 21.3 Å². The van der Waals surface area contributed by atoms with E-state index < -0.39 is 11.9 Å². The van der Waals surface area contributed by atoms with Crippen molar-refractivity contribution in [1.82, 2.24) is 4.98 Å². The number of aromatic hydroxyl groups is 1. The van der Waals surface area contributed by atoms with Gasteiger partial charge in [0.1, 0.15) is 17.4 Å². The molecule has 0 aliphatic heterocycles. The number of phenolic OH excluding ortho intramolecular Hbond substituents is 1. The summed E-state index contributed by atoms with van der Waals surface area (Å²) in [5, 5.41) is 20.3. The Morgan fingerprint density at radius 3 is 2.78 bits per heavy atom. The van der Waals surface area contributed by atoms with E-state index in [4.69, 9.17) is 5.11 Å². The predicted octanol–water partition coefficient (Wildman–Crippen LogP) is 2.68. The van der Waals surface area contributed by atoms with E-state index in [2.05, 4.69) is 10.3 Å². The highest BCUT2D eigenvalue weighted by Crippen LogP contribution is 2.30. The highest BCUT2D eigenvalue weighted by molar-refractivity contribution is 5.83. The third kappa shape index (κ3) is 2.54. The van der Waals surface area contributed by atoms with Gasteiger partial charge in [0.05, 0.1) is 0 Å². The minimum Gasteiger partial charge on any atom is -0.507 e. The average molecular weight is 248 g/mol. The Balaban J connectivity index is 2.44. The second-order valence-electron chi connectivity index (χ2n) is 3.52. The van der Waals surface area contributed by atoms with E-state index >= 15 is 0 Å². The van der Waals surface area contributed by atoms with Crippen molar-refractivity contribution in [3.05, 3.63) is 42.3 Å². The number of hydrogen-bond donors (Lipinski definition) is 3. The molecule has 0 bridgehead atoms. The van der Waals surface area contributed by atoms with Gasteiger partial charge >= 0.3 is 6.09 Å². The van der Waals surface area contributed by atoms with Crippen LogP contribution in [0.5, 0.6) is 5.75 Å². The summed E-state index contributed by atoms with van der Waals surface area (Å²) in [5.74, 6) is -0.486. The fourth-order valence-corrected chi connectivity index (χ4v) is 1.52. The summed E-state index contributed by atoms with van der Waals surface area (Å²) in [7, 11) is 0. The monoisotopic (exact) mass is 248 g/mol. The number of aromatic nitrogens is 1. The number of amides is 1. The molecular weight excluding hydrogens is 239 g/mol. The quantitative estimate of drug-likeness (QED) is 0.763. The molecule has 0 atom stereocenters. The number of carboxylic acid groups (broad SMARTS) is 1. The molecule has 1 heterocycles. The Morgan fingerprint density at radius 2 is 2.06 bits per heavy atom. The minimum atomic E-state index is -1.25. The summed E-state index contributed by atoms with van der Waals surface area (Å²) in [6.45, 7) is 0. The van der Waals surface area contributed by atoms with Crippen LogP contribution in [-0.2, 0) is 0 Å². The van der Waals surface area contributed by atoms with Crippen molar-refractivity contribution in [2.24, 2.45) is 0 Å². The lowest BCUT2D eigenvalue weighted by atomic mass is 10.1. The van der Waals surface area contributed by atoms with Gasteiger partial charge in [0.15, 0.2) is 0 Å². The van der Waals surface area contributed by atoms with Gasteiger partial charge in [0.2, 0.25) is 0 Å². The van der Waals surface area contributed by atoms with Crippen LogP contribution < -0.4 is 5.32 Å². The van der Waals surface area contributed by atoms with E-state index in [0.29, 0.717) is 5.56 Å². The minimum absolute atomic E-state index is 0.0936. The molecule has 0 saturated carbocycles. The van der Waals surface area contributed by atoms with Crippen LogP contribution in [0.1, 0.15) is 0 Å². The second kappa shape index (κ2) is 4.70. The normalized spacial score (nSPS) is 10.1. The third-order valence-electron chi connectivity index (χ3n) is 2.26.